The third-order valence-electron chi connectivity index (χ3n) is 4.76. The number of hydrogen-bond donors (Lipinski definition) is 1. The van der Waals surface area contributed by atoms with E-state index < -0.39 is 10.0 Å². The predicted molar refractivity (Wildman–Crippen MR) is 98.2 cm³/mol. The number of benzene rings is 2. The summed E-state index contributed by atoms with van der Waals surface area (Å²) in [6, 6.07) is 14.0. The van der Waals surface area contributed by atoms with Crippen LogP contribution in [0.15, 0.2) is 47.4 Å². The van der Waals surface area contributed by atoms with Crippen LogP contribution in [0.25, 0.3) is 11.1 Å². The third kappa shape index (κ3) is 2.53. The number of hydrogen-bond acceptors (Lipinski definition) is 3. The molecule has 2 aromatic carbocycles. The van der Waals surface area contributed by atoms with Crippen LogP contribution in [0, 0.1) is 13.8 Å². The van der Waals surface area contributed by atoms with Gasteiger partial charge in [-0.25, -0.2) is 8.42 Å². The van der Waals surface area contributed by atoms with Crippen LogP contribution in [-0.2, 0) is 23.5 Å². The summed E-state index contributed by atoms with van der Waals surface area (Å²) < 4.78 is 30.0. The largest absolute Gasteiger partial charge is 0.279 e. The molecule has 0 unspecified atom stereocenters. The molecule has 1 heterocycles. The summed E-state index contributed by atoms with van der Waals surface area (Å²) >= 11 is 0. The molecule has 1 aliphatic rings. The number of fused-ring (bicyclic) bond motifs is 3. The molecule has 0 saturated heterocycles. The average molecular weight is 353 g/mol. The van der Waals surface area contributed by atoms with Crippen LogP contribution >= 0.6 is 0 Å². The molecule has 0 fully saturated rings. The second kappa shape index (κ2) is 5.46. The van der Waals surface area contributed by atoms with Crippen molar-refractivity contribution in [2.24, 2.45) is 7.05 Å². The molecule has 0 radical (unpaired) electrons. The van der Waals surface area contributed by atoms with E-state index in [-0.39, 0.29) is 4.90 Å². The molecule has 0 aliphatic heterocycles. The lowest BCUT2D eigenvalue weighted by molar-refractivity contribution is 0.599. The van der Waals surface area contributed by atoms with Gasteiger partial charge >= 0.3 is 0 Å². The molecule has 128 valence electrons. The Hall–Kier alpha value is -2.60. The fourth-order valence-electron chi connectivity index (χ4n) is 3.54. The van der Waals surface area contributed by atoms with Crippen LogP contribution < -0.4 is 4.72 Å². The van der Waals surface area contributed by atoms with E-state index in [2.05, 4.69) is 22.0 Å². The van der Waals surface area contributed by atoms with Gasteiger partial charge in [-0.1, -0.05) is 30.3 Å². The van der Waals surface area contributed by atoms with Gasteiger partial charge in [0, 0.05) is 12.7 Å². The topological polar surface area (TPSA) is 64.0 Å². The zero-order valence-electron chi connectivity index (χ0n) is 14.4. The van der Waals surface area contributed by atoms with Gasteiger partial charge in [0.1, 0.15) is 4.90 Å². The van der Waals surface area contributed by atoms with E-state index in [0.717, 1.165) is 12.0 Å². The Kier molecular flexibility index (Phi) is 3.47. The number of nitrogens with one attached hydrogen (secondary N) is 1. The first-order chi connectivity index (χ1) is 11.9. The summed E-state index contributed by atoms with van der Waals surface area (Å²) in [5.41, 5.74) is 6.45. The minimum atomic E-state index is -3.68. The van der Waals surface area contributed by atoms with Crippen molar-refractivity contribution in [2.75, 3.05) is 4.72 Å². The van der Waals surface area contributed by atoms with E-state index in [4.69, 9.17) is 0 Å². The molecule has 1 aromatic heterocycles. The maximum atomic E-state index is 12.8. The summed E-state index contributed by atoms with van der Waals surface area (Å²) in [5, 5.41) is 4.20. The Morgan fingerprint density at radius 1 is 1.04 bits per heavy atom. The molecule has 4 rings (SSSR count). The highest BCUT2D eigenvalue weighted by atomic mass is 32.2. The number of aryl methyl sites for hydroxylation is 2. The van der Waals surface area contributed by atoms with Crippen molar-refractivity contribution in [3.05, 3.63) is 65.0 Å². The van der Waals surface area contributed by atoms with E-state index in [1.165, 1.54) is 16.7 Å². The Balaban J connectivity index is 1.74. The summed E-state index contributed by atoms with van der Waals surface area (Å²) in [6.07, 6.45) is 0.888. The molecule has 0 atom stereocenters. The zero-order chi connectivity index (χ0) is 17.8. The maximum Gasteiger partial charge on any atom is 0.265 e. The van der Waals surface area contributed by atoms with Crippen molar-refractivity contribution in [1.29, 1.82) is 0 Å². The molecule has 25 heavy (non-hydrogen) atoms. The van der Waals surface area contributed by atoms with E-state index in [9.17, 15) is 8.42 Å². The van der Waals surface area contributed by atoms with E-state index in [0.29, 0.717) is 17.1 Å². The monoisotopic (exact) mass is 353 g/mol. The third-order valence-corrected chi connectivity index (χ3v) is 6.39. The lowest BCUT2D eigenvalue weighted by Crippen LogP contribution is -2.15. The highest BCUT2D eigenvalue weighted by Gasteiger charge is 2.25. The second-order valence-corrected chi connectivity index (χ2v) is 8.05. The fraction of sp³-hybridized carbons (Fsp3) is 0.211. The summed E-state index contributed by atoms with van der Waals surface area (Å²) in [4.78, 5) is 0.246. The van der Waals surface area contributed by atoms with E-state index in [1.54, 1.807) is 25.6 Å². The Labute approximate surface area is 147 Å². The van der Waals surface area contributed by atoms with Crippen LogP contribution in [0.4, 0.5) is 5.69 Å². The van der Waals surface area contributed by atoms with Crippen LogP contribution in [-0.4, -0.2) is 18.2 Å². The molecule has 5 nitrogen and oxygen atoms in total. The zero-order valence-corrected chi connectivity index (χ0v) is 15.2. The number of nitrogens with zero attached hydrogens (tertiary/aromatic N) is 2. The Morgan fingerprint density at radius 3 is 2.48 bits per heavy atom. The quantitative estimate of drug-likeness (QED) is 0.614. The highest BCUT2D eigenvalue weighted by molar-refractivity contribution is 7.92. The van der Waals surface area contributed by atoms with Gasteiger partial charge in [0.05, 0.1) is 11.4 Å². The predicted octanol–water partition coefficient (Wildman–Crippen LogP) is 3.41. The molecule has 6 heteroatoms. The Bertz CT molecular complexity index is 1100. The Morgan fingerprint density at radius 2 is 1.76 bits per heavy atom. The standard InChI is InChI=1S/C19H19N3O2S/c1-12-19(13(2)22(3)20-12)25(23,24)21-16-9-8-15-10-14-6-4-5-7-17(14)18(15)11-16/h4-9,11,21H,10H2,1-3H3. The second-order valence-electron chi connectivity index (χ2n) is 6.43. The average Bonchev–Trinajstić information content (AvgIpc) is 3.04. The number of aromatic nitrogens is 2. The number of anilines is 1. The molecule has 0 saturated carbocycles. The van der Waals surface area contributed by atoms with E-state index in [1.807, 2.05) is 30.3 Å². The van der Waals surface area contributed by atoms with Crippen LogP contribution in [0.1, 0.15) is 22.5 Å². The molecule has 0 spiro atoms. The maximum absolute atomic E-state index is 12.8. The van der Waals surface area contributed by atoms with Crippen molar-refractivity contribution < 1.29 is 8.42 Å². The van der Waals surface area contributed by atoms with Gasteiger partial charge in [0.25, 0.3) is 10.0 Å². The van der Waals surface area contributed by atoms with Gasteiger partial charge in [0.15, 0.2) is 0 Å². The van der Waals surface area contributed by atoms with Gasteiger partial charge in [-0.05, 0) is 54.7 Å². The lowest BCUT2D eigenvalue weighted by atomic mass is 10.1. The first kappa shape index (κ1) is 15.9. The number of sulfonamides is 1. The normalized spacial score (nSPS) is 12.8. The molecule has 1 N–H and O–H groups in total. The van der Waals surface area contributed by atoms with Gasteiger partial charge < -0.3 is 0 Å². The minimum absolute atomic E-state index is 0.246. The first-order valence-corrected chi connectivity index (χ1v) is 9.59. The van der Waals surface area contributed by atoms with Crippen molar-refractivity contribution in [1.82, 2.24) is 9.78 Å². The first-order valence-electron chi connectivity index (χ1n) is 8.11. The molecule has 0 amide bonds. The lowest BCUT2D eigenvalue weighted by Gasteiger charge is -2.10. The molecule has 0 bridgehead atoms. The van der Waals surface area contributed by atoms with Crippen LogP contribution in [0.5, 0.6) is 0 Å². The number of rotatable bonds is 3. The molecular formula is C19H19N3O2S. The molecule has 1 aliphatic carbocycles. The molecular weight excluding hydrogens is 334 g/mol. The fourth-order valence-corrected chi connectivity index (χ4v) is 5.03. The van der Waals surface area contributed by atoms with Crippen molar-refractivity contribution >= 4 is 15.7 Å². The van der Waals surface area contributed by atoms with Gasteiger partial charge in [-0.15, -0.1) is 0 Å². The minimum Gasteiger partial charge on any atom is -0.279 e. The van der Waals surface area contributed by atoms with Gasteiger partial charge in [-0.2, -0.15) is 5.10 Å². The van der Waals surface area contributed by atoms with Crippen LogP contribution in [0.2, 0.25) is 0 Å². The van der Waals surface area contributed by atoms with Crippen molar-refractivity contribution in [2.45, 2.75) is 25.2 Å². The van der Waals surface area contributed by atoms with Gasteiger partial charge in [-0.3, -0.25) is 9.40 Å². The summed E-state index contributed by atoms with van der Waals surface area (Å²) in [5.74, 6) is 0. The molecule has 3 aromatic rings. The van der Waals surface area contributed by atoms with Gasteiger partial charge in [0.2, 0.25) is 0 Å². The smallest absolute Gasteiger partial charge is 0.265 e. The van der Waals surface area contributed by atoms with Crippen LogP contribution in [0.3, 0.4) is 0 Å². The van der Waals surface area contributed by atoms with E-state index >= 15 is 0 Å². The SMILES string of the molecule is Cc1nn(C)c(C)c1S(=O)(=O)Nc1ccc2c(c1)-c1ccccc1C2. The summed E-state index contributed by atoms with van der Waals surface area (Å²) in [7, 11) is -1.94. The van der Waals surface area contributed by atoms with Crippen molar-refractivity contribution in [3.8, 4) is 11.1 Å². The van der Waals surface area contributed by atoms with Crippen molar-refractivity contribution in [3.63, 3.8) is 0 Å². The highest BCUT2D eigenvalue weighted by Crippen LogP contribution is 2.38. The summed E-state index contributed by atoms with van der Waals surface area (Å²) in [6.45, 7) is 3.47.